The third kappa shape index (κ3) is 8.98. The van der Waals surface area contributed by atoms with Gasteiger partial charge in [0.1, 0.15) is 17.9 Å². The Kier molecular flexibility index (Phi) is 9.77. The molecule has 192 valence electrons. The van der Waals surface area contributed by atoms with E-state index in [1.54, 1.807) is 0 Å². The molecule has 1 aromatic heterocycles. The summed E-state index contributed by atoms with van der Waals surface area (Å²) < 4.78 is 51.8. The Labute approximate surface area is 191 Å². The smallest absolute Gasteiger partial charge is 0.390 e. The summed E-state index contributed by atoms with van der Waals surface area (Å²) in [5, 5.41) is 10.2. The van der Waals surface area contributed by atoms with E-state index in [9.17, 15) is 33.3 Å². The Morgan fingerprint density at radius 2 is 1.85 bits per heavy atom. The largest absolute Gasteiger partial charge is 0.490 e. The molecule has 5 atom stereocenters. The van der Waals surface area contributed by atoms with Crippen LogP contribution in [0.5, 0.6) is 0 Å². The van der Waals surface area contributed by atoms with E-state index >= 15 is 0 Å². The Morgan fingerprint density at radius 1 is 1.18 bits per heavy atom. The van der Waals surface area contributed by atoms with Crippen molar-refractivity contribution in [2.75, 3.05) is 6.61 Å². The van der Waals surface area contributed by atoms with Crippen LogP contribution in [-0.2, 0) is 31.6 Å². The average molecular weight is 548 g/mol. The first kappa shape index (κ1) is 28.8. The highest BCUT2D eigenvalue weighted by atomic mass is 31.3. The summed E-state index contributed by atoms with van der Waals surface area (Å²) in [4.78, 5) is 61.9. The quantitative estimate of drug-likeness (QED) is 0.129. The molecule has 1 aromatic rings. The lowest BCUT2D eigenvalue weighted by Gasteiger charge is -2.19. The number of phosphoric acid groups is 3. The zero-order valence-electron chi connectivity index (χ0n) is 17.5. The Morgan fingerprint density at radius 3 is 2.47 bits per heavy atom. The van der Waals surface area contributed by atoms with E-state index in [1.165, 1.54) is 0 Å². The highest BCUT2D eigenvalue weighted by molar-refractivity contribution is 7.66. The molecule has 2 rings (SSSR count). The number of rotatable bonds is 10. The van der Waals surface area contributed by atoms with Gasteiger partial charge in [-0.25, -0.2) is 18.5 Å². The Hall–Kier alpha value is -1.43. The van der Waals surface area contributed by atoms with Crippen molar-refractivity contribution >= 4 is 23.5 Å². The first-order valence-corrected chi connectivity index (χ1v) is 14.1. The van der Waals surface area contributed by atoms with Gasteiger partial charge in [-0.15, -0.1) is 0 Å². The second kappa shape index (κ2) is 11.5. The van der Waals surface area contributed by atoms with Crippen LogP contribution in [-0.4, -0.2) is 53.0 Å². The fourth-order valence-electron chi connectivity index (χ4n) is 2.72. The van der Waals surface area contributed by atoms with Gasteiger partial charge in [0.25, 0.3) is 5.56 Å². The first-order chi connectivity index (χ1) is 15.6. The van der Waals surface area contributed by atoms with Crippen LogP contribution >= 0.6 is 23.5 Å². The number of aromatic amines is 1. The number of aromatic nitrogens is 2. The van der Waals surface area contributed by atoms with Gasteiger partial charge in [-0.05, 0) is 6.42 Å². The van der Waals surface area contributed by atoms with E-state index in [4.69, 9.17) is 19.4 Å². The van der Waals surface area contributed by atoms with Crippen molar-refractivity contribution in [3.8, 4) is 11.8 Å². The summed E-state index contributed by atoms with van der Waals surface area (Å²) >= 11 is 0. The van der Waals surface area contributed by atoms with Crippen LogP contribution in [0.2, 0.25) is 0 Å². The van der Waals surface area contributed by atoms with E-state index < -0.39 is 59.8 Å². The van der Waals surface area contributed by atoms with Crippen LogP contribution in [0.3, 0.4) is 0 Å². The number of nitrogens with zero attached hydrogens (tertiary/aromatic N) is 1. The van der Waals surface area contributed by atoms with Gasteiger partial charge < -0.3 is 29.4 Å². The standard InChI is InChI=1S/C15H23N2O14P3/c1-2-3-4-5-6-10-8-17(15(20)16-14(10)19)13-7-11(18)12(29-13)9-28-33(24,25)31-34(26,27)30-32(21,22)23/h8,11-13,18H,2-4,7,9H2,1H3,(H,24,25)(H,26,27)(H,16,19,20)(H2,21,22,23)/t11?,12-,13?/m1/s1. The van der Waals surface area contributed by atoms with E-state index in [0.29, 0.717) is 6.42 Å². The first-order valence-electron chi connectivity index (χ1n) is 9.58. The maximum absolute atomic E-state index is 12.2. The molecule has 0 aromatic carbocycles. The van der Waals surface area contributed by atoms with Crippen LogP contribution < -0.4 is 11.2 Å². The van der Waals surface area contributed by atoms with Gasteiger partial charge in [-0.2, -0.15) is 8.62 Å². The van der Waals surface area contributed by atoms with Crippen molar-refractivity contribution in [2.45, 2.75) is 51.0 Å². The third-order valence-corrected chi connectivity index (χ3v) is 7.98. The minimum atomic E-state index is -5.70. The normalized spacial score (nSPS) is 24.1. The summed E-state index contributed by atoms with van der Waals surface area (Å²) in [6.07, 6.45) is -0.634. The van der Waals surface area contributed by atoms with E-state index in [-0.39, 0.29) is 12.0 Å². The molecule has 4 unspecified atom stereocenters. The predicted octanol–water partition coefficient (Wildman–Crippen LogP) is 0.0700. The lowest BCUT2D eigenvalue weighted by molar-refractivity contribution is -0.0450. The van der Waals surface area contributed by atoms with Crippen molar-refractivity contribution in [1.29, 1.82) is 0 Å². The maximum Gasteiger partial charge on any atom is 0.490 e. The summed E-state index contributed by atoms with van der Waals surface area (Å²) in [5.74, 6) is 5.44. The zero-order valence-corrected chi connectivity index (χ0v) is 20.2. The second-order valence-electron chi connectivity index (χ2n) is 6.93. The molecule has 34 heavy (non-hydrogen) atoms. The highest BCUT2D eigenvalue weighted by Gasteiger charge is 2.43. The number of nitrogens with one attached hydrogen (secondary N) is 1. The topological polar surface area (TPSA) is 244 Å². The second-order valence-corrected chi connectivity index (χ2v) is 11.4. The molecule has 0 radical (unpaired) electrons. The summed E-state index contributed by atoms with van der Waals surface area (Å²) in [7, 11) is -16.7. The molecular formula is C15H23N2O14P3. The van der Waals surface area contributed by atoms with Gasteiger partial charge in [0, 0.05) is 19.0 Å². The molecule has 19 heteroatoms. The van der Waals surface area contributed by atoms with Gasteiger partial charge >= 0.3 is 29.2 Å². The van der Waals surface area contributed by atoms with Gasteiger partial charge in [0.15, 0.2) is 0 Å². The minimum absolute atomic E-state index is 0.0227. The van der Waals surface area contributed by atoms with E-state index in [2.05, 4.69) is 30.0 Å². The number of hydrogen-bond acceptors (Lipinski definition) is 10. The van der Waals surface area contributed by atoms with Crippen LogP contribution in [0.4, 0.5) is 0 Å². The molecule has 0 amide bonds. The van der Waals surface area contributed by atoms with Crippen molar-refractivity contribution < 1.29 is 56.3 Å². The van der Waals surface area contributed by atoms with Crippen molar-refractivity contribution in [3.63, 3.8) is 0 Å². The van der Waals surface area contributed by atoms with Gasteiger partial charge in [0.05, 0.1) is 12.7 Å². The fraction of sp³-hybridized carbons (Fsp3) is 0.600. The zero-order chi connectivity index (χ0) is 25.7. The number of hydrogen-bond donors (Lipinski definition) is 6. The molecule has 0 aliphatic carbocycles. The molecule has 0 saturated carbocycles. The number of aliphatic hydroxyl groups is 1. The lowest BCUT2D eigenvalue weighted by atomic mass is 10.2. The lowest BCUT2D eigenvalue weighted by Crippen LogP contribution is -2.33. The molecule has 6 N–H and O–H groups in total. The maximum atomic E-state index is 12.2. The van der Waals surface area contributed by atoms with Crippen molar-refractivity contribution in [1.82, 2.24) is 9.55 Å². The average Bonchev–Trinajstić information content (AvgIpc) is 3.02. The Balaban J connectivity index is 2.08. The van der Waals surface area contributed by atoms with Crippen LogP contribution in [0.25, 0.3) is 0 Å². The molecule has 2 heterocycles. The molecule has 0 bridgehead atoms. The minimum Gasteiger partial charge on any atom is -0.390 e. The molecule has 1 aliphatic heterocycles. The SMILES string of the molecule is CCCCC#Cc1cn(C2CC(O)[C@@H](COP(=O)(O)OP(=O)(O)OP(=O)(O)O)O2)c(=O)[nH]c1=O. The number of ether oxygens (including phenoxy) is 1. The number of H-pyrrole nitrogens is 1. The predicted molar refractivity (Wildman–Crippen MR) is 112 cm³/mol. The van der Waals surface area contributed by atoms with Gasteiger partial charge in [-0.1, -0.05) is 25.2 Å². The summed E-state index contributed by atoms with van der Waals surface area (Å²) in [6, 6.07) is 0. The highest BCUT2D eigenvalue weighted by Crippen LogP contribution is 2.66. The molecule has 1 saturated heterocycles. The number of aliphatic hydroxyl groups excluding tert-OH is 1. The summed E-state index contributed by atoms with van der Waals surface area (Å²) in [5.41, 5.74) is -1.60. The van der Waals surface area contributed by atoms with Crippen molar-refractivity contribution in [3.05, 3.63) is 32.6 Å². The molecule has 1 fully saturated rings. The Bertz CT molecular complexity index is 1190. The number of phosphoric ester groups is 1. The third-order valence-electron chi connectivity index (χ3n) is 4.18. The van der Waals surface area contributed by atoms with Gasteiger partial charge in [-0.3, -0.25) is 18.9 Å². The summed E-state index contributed by atoms with van der Waals surface area (Å²) in [6.45, 7) is 1.07. The monoisotopic (exact) mass is 548 g/mol. The molecule has 16 nitrogen and oxygen atoms in total. The van der Waals surface area contributed by atoms with Crippen LogP contribution in [0.1, 0.15) is 44.4 Å². The molecular weight excluding hydrogens is 525 g/mol. The molecule has 0 spiro atoms. The van der Waals surface area contributed by atoms with Gasteiger partial charge in [0.2, 0.25) is 0 Å². The number of unbranched alkanes of at least 4 members (excludes halogenated alkanes) is 2. The fourth-order valence-corrected chi connectivity index (χ4v) is 5.75. The van der Waals surface area contributed by atoms with E-state index in [1.807, 2.05) is 6.92 Å². The van der Waals surface area contributed by atoms with Crippen LogP contribution in [0, 0.1) is 11.8 Å². The van der Waals surface area contributed by atoms with Crippen molar-refractivity contribution in [2.24, 2.45) is 0 Å². The van der Waals surface area contributed by atoms with E-state index in [0.717, 1.165) is 23.6 Å². The molecule has 1 aliphatic rings. The van der Waals surface area contributed by atoms with Crippen LogP contribution in [0.15, 0.2) is 15.8 Å².